The van der Waals surface area contributed by atoms with Crippen LogP contribution in [0.25, 0.3) is 22.2 Å². The molecule has 4 heteroatoms. The number of nitro benzene ring substituents is 1. The van der Waals surface area contributed by atoms with Gasteiger partial charge in [-0.05, 0) is 35.4 Å². The van der Waals surface area contributed by atoms with Gasteiger partial charge in [-0.25, -0.2) is 0 Å². The van der Waals surface area contributed by atoms with Crippen LogP contribution in [0, 0.1) is 10.1 Å². The van der Waals surface area contributed by atoms with Crippen molar-refractivity contribution in [1.29, 1.82) is 0 Å². The molecule has 4 rings (SSSR count). The third-order valence-electron chi connectivity index (χ3n) is 4.37. The highest BCUT2D eigenvalue weighted by atomic mass is 16.6. The maximum absolute atomic E-state index is 10.9. The van der Waals surface area contributed by atoms with Crippen LogP contribution >= 0.6 is 0 Å². The van der Waals surface area contributed by atoms with E-state index in [1.54, 1.807) is 12.1 Å². The van der Waals surface area contributed by atoms with Crippen LogP contribution in [0.15, 0.2) is 84.9 Å². The average molecular weight is 328 g/mol. The van der Waals surface area contributed by atoms with E-state index in [2.05, 4.69) is 34.9 Å². The summed E-state index contributed by atoms with van der Waals surface area (Å²) in [5, 5.41) is 12.1. The highest BCUT2D eigenvalue weighted by Gasteiger charge is 2.12. The minimum atomic E-state index is -0.372. The van der Waals surface area contributed by atoms with E-state index in [1.165, 1.54) is 5.56 Å². The van der Waals surface area contributed by atoms with Gasteiger partial charge >= 0.3 is 0 Å². The summed E-state index contributed by atoms with van der Waals surface area (Å²) in [6.07, 6.45) is 0. The second kappa shape index (κ2) is 6.24. The predicted octanol–water partition coefficient (Wildman–Crippen LogP) is 5.26. The zero-order chi connectivity index (χ0) is 17.2. The number of fused-ring (bicyclic) bond motifs is 1. The molecule has 0 atom stereocenters. The molecule has 0 bridgehead atoms. The van der Waals surface area contributed by atoms with Crippen LogP contribution in [-0.2, 0) is 6.54 Å². The third-order valence-corrected chi connectivity index (χ3v) is 4.37. The van der Waals surface area contributed by atoms with Crippen molar-refractivity contribution in [1.82, 2.24) is 4.57 Å². The molecule has 0 saturated carbocycles. The molecule has 0 aliphatic rings. The Bertz CT molecular complexity index is 1030. The summed E-state index contributed by atoms with van der Waals surface area (Å²) in [5.41, 5.74) is 4.50. The number of para-hydroxylation sites is 1. The largest absolute Gasteiger partial charge is 0.336 e. The molecule has 4 nitrogen and oxygen atoms in total. The molecule has 3 aromatic carbocycles. The Hall–Kier alpha value is -3.40. The highest BCUT2D eigenvalue weighted by molar-refractivity contribution is 5.87. The van der Waals surface area contributed by atoms with Crippen LogP contribution in [0.5, 0.6) is 0 Å². The number of rotatable bonds is 4. The lowest BCUT2D eigenvalue weighted by Crippen LogP contribution is -2.01. The van der Waals surface area contributed by atoms with Crippen LogP contribution in [0.4, 0.5) is 5.69 Å². The molecule has 0 aliphatic heterocycles. The van der Waals surface area contributed by atoms with Crippen LogP contribution in [0.2, 0.25) is 0 Å². The van der Waals surface area contributed by atoms with Gasteiger partial charge < -0.3 is 4.57 Å². The maximum atomic E-state index is 10.9. The van der Waals surface area contributed by atoms with Crippen molar-refractivity contribution < 1.29 is 4.92 Å². The van der Waals surface area contributed by atoms with Crippen LogP contribution in [-0.4, -0.2) is 9.49 Å². The quantitative estimate of drug-likeness (QED) is 0.379. The molecule has 0 unspecified atom stereocenters. The Morgan fingerprint density at radius 3 is 2.24 bits per heavy atom. The van der Waals surface area contributed by atoms with Gasteiger partial charge in [0.05, 0.1) is 4.92 Å². The number of nitro groups is 1. The molecule has 25 heavy (non-hydrogen) atoms. The monoisotopic (exact) mass is 328 g/mol. The highest BCUT2D eigenvalue weighted by Crippen LogP contribution is 2.30. The Labute approximate surface area is 145 Å². The van der Waals surface area contributed by atoms with E-state index in [1.807, 2.05) is 42.5 Å². The number of hydrogen-bond donors (Lipinski definition) is 0. The van der Waals surface area contributed by atoms with Gasteiger partial charge in [0.25, 0.3) is 5.69 Å². The summed E-state index contributed by atoms with van der Waals surface area (Å²) >= 11 is 0. The second-order valence-electron chi connectivity index (χ2n) is 5.96. The summed E-state index contributed by atoms with van der Waals surface area (Å²) in [4.78, 5) is 10.5. The smallest absolute Gasteiger partial charge is 0.269 e. The number of nitrogens with zero attached hydrogens (tertiary/aromatic N) is 2. The van der Waals surface area contributed by atoms with E-state index >= 15 is 0 Å². The van der Waals surface area contributed by atoms with Crippen LogP contribution in [0.3, 0.4) is 0 Å². The number of non-ortho nitro benzene ring substituents is 1. The van der Waals surface area contributed by atoms with Gasteiger partial charge in [0.1, 0.15) is 0 Å². The standard InChI is InChI=1S/C21H16N2O2/c24-23(25)19-12-10-17(11-13-19)21-14-18-8-4-5-9-20(18)22(21)15-16-6-2-1-3-7-16/h1-14H,15H2. The van der Waals surface area contributed by atoms with Crippen molar-refractivity contribution in [2.45, 2.75) is 6.54 Å². The fourth-order valence-corrected chi connectivity index (χ4v) is 3.14. The lowest BCUT2D eigenvalue weighted by atomic mass is 10.1. The molecule has 1 heterocycles. The van der Waals surface area contributed by atoms with Crippen molar-refractivity contribution in [3.8, 4) is 11.3 Å². The first-order valence-corrected chi connectivity index (χ1v) is 8.09. The lowest BCUT2D eigenvalue weighted by molar-refractivity contribution is -0.384. The van der Waals surface area contributed by atoms with Gasteiger partial charge in [0.15, 0.2) is 0 Å². The average Bonchev–Trinajstić information content (AvgIpc) is 3.01. The van der Waals surface area contributed by atoms with Gasteiger partial charge in [-0.15, -0.1) is 0 Å². The van der Waals surface area contributed by atoms with Crippen LogP contribution < -0.4 is 0 Å². The van der Waals surface area contributed by atoms with Crippen molar-refractivity contribution >= 4 is 16.6 Å². The Morgan fingerprint density at radius 1 is 0.840 bits per heavy atom. The van der Waals surface area contributed by atoms with E-state index in [9.17, 15) is 10.1 Å². The molecule has 0 N–H and O–H groups in total. The van der Waals surface area contributed by atoms with Crippen molar-refractivity contribution in [2.75, 3.05) is 0 Å². The van der Waals surface area contributed by atoms with Gasteiger partial charge in [0.2, 0.25) is 0 Å². The molecular formula is C21H16N2O2. The minimum Gasteiger partial charge on any atom is -0.336 e. The summed E-state index contributed by atoms with van der Waals surface area (Å²) in [7, 11) is 0. The molecule has 0 saturated heterocycles. The molecule has 0 spiro atoms. The molecule has 122 valence electrons. The Kier molecular flexibility index (Phi) is 3.78. The SMILES string of the molecule is O=[N+]([O-])c1ccc(-c2cc3ccccc3n2Cc2ccccc2)cc1. The van der Waals surface area contributed by atoms with Gasteiger partial charge in [0, 0.05) is 35.3 Å². The summed E-state index contributed by atoms with van der Waals surface area (Å²) < 4.78 is 2.26. The van der Waals surface area contributed by atoms with E-state index in [4.69, 9.17) is 0 Å². The topological polar surface area (TPSA) is 48.1 Å². The molecule has 0 aliphatic carbocycles. The lowest BCUT2D eigenvalue weighted by Gasteiger charge is -2.11. The Morgan fingerprint density at radius 2 is 1.52 bits per heavy atom. The molecule has 0 amide bonds. The van der Waals surface area contributed by atoms with Gasteiger partial charge in [-0.2, -0.15) is 0 Å². The molecule has 1 aromatic heterocycles. The molecule has 0 radical (unpaired) electrons. The van der Waals surface area contributed by atoms with Gasteiger partial charge in [-0.1, -0.05) is 48.5 Å². The van der Waals surface area contributed by atoms with Crippen molar-refractivity contribution in [3.05, 3.63) is 101 Å². The van der Waals surface area contributed by atoms with Gasteiger partial charge in [-0.3, -0.25) is 10.1 Å². The van der Waals surface area contributed by atoms with Crippen LogP contribution in [0.1, 0.15) is 5.56 Å². The minimum absolute atomic E-state index is 0.106. The molecular weight excluding hydrogens is 312 g/mol. The van der Waals surface area contributed by atoms with E-state index in [0.717, 1.165) is 28.7 Å². The summed E-state index contributed by atoms with van der Waals surface area (Å²) in [6, 6.07) is 27.4. The van der Waals surface area contributed by atoms with E-state index in [-0.39, 0.29) is 10.6 Å². The first-order chi connectivity index (χ1) is 12.2. The fourth-order valence-electron chi connectivity index (χ4n) is 3.14. The summed E-state index contributed by atoms with van der Waals surface area (Å²) in [6.45, 7) is 0.751. The first kappa shape index (κ1) is 15.1. The van der Waals surface area contributed by atoms with Crippen molar-refractivity contribution in [2.24, 2.45) is 0 Å². The van der Waals surface area contributed by atoms with Crippen molar-refractivity contribution in [3.63, 3.8) is 0 Å². The number of aromatic nitrogens is 1. The zero-order valence-electron chi connectivity index (χ0n) is 13.5. The zero-order valence-corrected chi connectivity index (χ0v) is 13.5. The molecule has 0 fully saturated rings. The number of benzene rings is 3. The van der Waals surface area contributed by atoms with E-state index < -0.39 is 0 Å². The second-order valence-corrected chi connectivity index (χ2v) is 5.96. The normalized spacial score (nSPS) is 10.9. The fraction of sp³-hybridized carbons (Fsp3) is 0.0476. The summed E-state index contributed by atoms with van der Waals surface area (Å²) in [5.74, 6) is 0. The maximum Gasteiger partial charge on any atom is 0.269 e. The third kappa shape index (κ3) is 2.90. The first-order valence-electron chi connectivity index (χ1n) is 8.09. The van der Waals surface area contributed by atoms with E-state index in [0.29, 0.717) is 0 Å². The number of hydrogen-bond acceptors (Lipinski definition) is 2. The Balaban J connectivity index is 1.85. The predicted molar refractivity (Wildman–Crippen MR) is 99.6 cm³/mol. The molecule has 4 aromatic rings.